The zero-order valence-corrected chi connectivity index (χ0v) is 27.4. The Kier molecular flexibility index (Phi) is 11.1. The van der Waals surface area contributed by atoms with Crippen molar-refractivity contribution in [1.29, 1.82) is 0 Å². The lowest BCUT2D eigenvalue weighted by Crippen LogP contribution is -2.60. The molecule has 0 aromatic heterocycles. The maximum Gasteiger partial charge on any atom is 0.310 e. The Balaban J connectivity index is 2.01. The molecule has 3 aliphatic heterocycles. The second kappa shape index (κ2) is 13.3. The standard InChI is InChI=1S/C31H49BrN2O5S/c1-8-10-14-18-39-28(38)22-23-26(36)33(16-12-11-13-17-35)25(31(23)19-21(32)24(22)40-31)27(37)34(15-9-2)30(6,7)20-29(3,4)5/h8-9,21-25,35H,1-2,10-20H2,3-7H3/t21?,22-,23+,24-,25?,31?/m1/s1. The van der Waals surface area contributed by atoms with E-state index in [1.54, 1.807) is 28.8 Å². The van der Waals surface area contributed by atoms with Crippen molar-refractivity contribution >= 4 is 45.5 Å². The van der Waals surface area contributed by atoms with Crippen LogP contribution >= 0.6 is 27.7 Å². The van der Waals surface area contributed by atoms with Crippen molar-refractivity contribution in [1.82, 2.24) is 9.80 Å². The van der Waals surface area contributed by atoms with Crippen LogP contribution in [0.5, 0.6) is 0 Å². The summed E-state index contributed by atoms with van der Waals surface area (Å²) in [7, 11) is 0. The maximum absolute atomic E-state index is 14.8. The SMILES string of the molecule is C=CCCCOC(=O)[C@H]1[C@@H]2SC3(CC2Br)C(C(=O)N(CC=C)C(C)(C)CC(C)(C)C)N(CCCCCO)C(=O)[C@H]13. The number of aliphatic hydroxyl groups excluding tert-OH is 1. The highest BCUT2D eigenvalue weighted by Gasteiger charge is 2.76. The number of hydrogen-bond acceptors (Lipinski definition) is 6. The third kappa shape index (κ3) is 6.67. The molecule has 3 aliphatic rings. The lowest BCUT2D eigenvalue weighted by molar-refractivity contribution is -0.154. The summed E-state index contributed by atoms with van der Waals surface area (Å²) in [4.78, 5) is 46.1. The minimum absolute atomic E-state index is 0.00681. The van der Waals surface area contributed by atoms with Crippen LogP contribution in [-0.4, -0.2) is 85.4 Å². The molecule has 6 atom stereocenters. The average molecular weight is 642 g/mol. The second-order valence-electron chi connectivity index (χ2n) is 13.4. The van der Waals surface area contributed by atoms with Crippen LogP contribution < -0.4 is 0 Å². The molecule has 2 amide bonds. The molecule has 0 aromatic carbocycles. The van der Waals surface area contributed by atoms with E-state index in [0.717, 1.165) is 19.3 Å². The van der Waals surface area contributed by atoms with E-state index in [0.29, 0.717) is 45.4 Å². The third-order valence-electron chi connectivity index (χ3n) is 8.42. The van der Waals surface area contributed by atoms with Gasteiger partial charge in [-0.3, -0.25) is 14.4 Å². The van der Waals surface area contributed by atoms with Crippen molar-refractivity contribution in [2.45, 2.75) is 106 Å². The van der Waals surface area contributed by atoms with Crippen LogP contribution in [0.25, 0.3) is 0 Å². The molecule has 3 heterocycles. The summed E-state index contributed by atoms with van der Waals surface area (Å²) in [5, 5.41) is 9.17. The van der Waals surface area contributed by atoms with E-state index in [4.69, 9.17) is 4.74 Å². The molecule has 3 unspecified atom stereocenters. The van der Waals surface area contributed by atoms with Crippen LogP contribution in [-0.2, 0) is 19.1 Å². The van der Waals surface area contributed by atoms with Gasteiger partial charge in [-0.2, -0.15) is 0 Å². The van der Waals surface area contributed by atoms with Crippen LogP contribution in [0.15, 0.2) is 25.3 Å². The Morgan fingerprint density at radius 2 is 1.88 bits per heavy atom. The van der Waals surface area contributed by atoms with Crippen molar-refractivity contribution in [3.8, 4) is 0 Å². The third-order valence-corrected chi connectivity index (χ3v) is 11.6. The molecule has 7 nitrogen and oxygen atoms in total. The van der Waals surface area contributed by atoms with Gasteiger partial charge >= 0.3 is 5.97 Å². The Labute approximate surface area is 253 Å². The van der Waals surface area contributed by atoms with Crippen molar-refractivity contribution in [2.24, 2.45) is 17.3 Å². The Bertz CT molecular complexity index is 966. The Morgan fingerprint density at radius 1 is 1.18 bits per heavy atom. The summed E-state index contributed by atoms with van der Waals surface area (Å²) in [6.45, 7) is 19.6. The van der Waals surface area contributed by atoms with E-state index in [2.05, 4.69) is 63.7 Å². The zero-order valence-electron chi connectivity index (χ0n) is 25.0. The van der Waals surface area contributed by atoms with Crippen molar-refractivity contribution in [2.75, 3.05) is 26.3 Å². The molecule has 0 radical (unpaired) electrons. The normalized spacial score (nSPS) is 29.4. The highest BCUT2D eigenvalue weighted by molar-refractivity contribution is 9.09. The fourth-order valence-corrected chi connectivity index (χ4v) is 10.9. The number of carbonyl (C=O) groups is 3. The summed E-state index contributed by atoms with van der Waals surface area (Å²) < 4.78 is 4.99. The number of ether oxygens (including phenoxy) is 1. The van der Waals surface area contributed by atoms with Gasteiger partial charge in [0, 0.05) is 35.3 Å². The number of carbonyl (C=O) groups excluding carboxylic acids is 3. The highest BCUT2D eigenvalue weighted by atomic mass is 79.9. The first-order valence-electron chi connectivity index (χ1n) is 14.7. The van der Waals surface area contributed by atoms with Crippen molar-refractivity contribution in [3.63, 3.8) is 0 Å². The maximum atomic E-state index is 14.8. The van der Waals surface area contributed by atoms with E-state index in [1.807, 2.05) is 4.90 Å². The first kappa shape index (κ1) is 33.2. The Morgan fingerprint density at radius 3 is 2.48 bits per heavy atom. The van der Waals surface area contributed by atoms with Gasteiger partial charge in [-0.05, 0) is 64.2 Å². The largest absolute Gasteiger partial charge is 0.465 e. The van der Waals surface area contributed by atoms with E-state index in [1.165, 1.54) is 0 Å². The topological polar surface area (TPSA) is 87.2 Å². The molecule has 40 heavy (non-hydrogen) atoms. The number of esters is 1. The summed E-state index contributed by atoms with van der Waals surface area (Å²) in [6.07, 6.45) is 8.53. The molecule has 0 saturated carbocycles. The number of hydrogen-bond donors (Lipinski definition) is 1. The lowest BCUT2D eigenvalue weighted by atomic mass is 9.70. The van der Waals surface area contributed by atoms with Gasteiger partial charge in [0.1, 0.15) is 6.04 Å². The fourth-order valence-electron chi connectivity index (χ4n) is 7.29. The number of unbranched alkanes of at least 4 members (excludes halogenated alkanes) is 3. The molecule has 3 saturated heterocycles. The number of allylic oxidation sites excluding steroid dienone is 1. The summed E-state index contributed by atoms with van der Waals surface area (Å²) in [5.74, 6) is -1.70. The summed E-state index contributed by atoms with van der Waals surface area (Å²) in [5.41, 5.74) is -0.482. The van der Waals surface area contributed by atoms with E-state index >= 15 is 0 Å². The first-order chi connectivity index (χ1) is 18.8. The molecule has 2 bridgehead atoms. The molecule has 3 rings (SSSR count). The highest BCUT2D eigenvalue weighted by Crippen LogP contribution is 2.68. The molecule has 9 heteroatoms. The number of thioether (sulfide) groups is 1. The van der Waals surface area contributed by atoms with Gasteiger partial charge in [-0.1, -0.05) is 48.9 Å². The van der Waals surface area contributed by atoms with Crippen LogP contribution in [0.2, 0.25) is 0 Å². The number of rotatable bonds is 15. The van der Waals surface area contributed by atoms with E-state index in [9.17, 15) is 19.5 Å². The molecule has 0 aliphatic carbocycles. The molecule has 3 fully saturated rings. The molecule has 1 N–H and O–H groups in total. The smallest absolute Gasteiger partial charge is 0.310 e. The minimum atomic E-state index is -0.702. The second-order valence-corrected chi connectivity index (χ2v) is 16.1. The number of fused-ring (bicyclic) bond motifs is 1. The van der Waals surface area contributed by atoms with Crippen molar-refractivity contribution < 1.29 is 24.2 Å². The van der Waals surface area contributed by atoms with Gasteiger partial charge in [0.25, 0.3) is 0 Å². The van der Waals surface area contributed by atoms with Gasteiger partial charge in [0.2, 0.25) is 11.8 Å². The van der Waals surface area contributed by atoms with Crippen LogP contribution in [0, 0.1) is 17.3 Å². The number of nitrogens with zero attached hydrogens (tertiary/aromatic N) is 2. The molecular formula is C31H49BrN2O5S. The molecular weight excluding hydrogens is 592 g/mol. The van der Waals surface area contributed by atoms with Gasteiger partial charge in [-0.15, -0.1) is 24.9 Å². The van der Waals surface area contributed by atoms with E-state index in [-0.39, 0.29) is 39.9 Å². The van der Waals surface area contributed by atoms with Gasteiger partial charge < -0.3 is 19.6 Å². The van der Waals surface area contributed by atoms with Gasteiger partial charge in [-0.25, -0.2) is 0 Å². The predicted octanol–water partition coefficient (Wildman–Crippen LogP) is 5.35. The first-order valence-corrected chi connectivity index (χ1v) is 16.5. The predicted molar refractivity (Wildman–Crippen MR) is 165 cm³/mol. The quantitative estimate of drug-likeness (QED) is 0.112. The zero-order chi connectivity index (χ0) is 29.9. The van der Waals surface area contributed by atoms with Crippen LogP contribution in [0.3, 0.4) is 0 Å². The van der Waals surface area contributed by atoms with Gasteiger partial charge in [0.15, 0.2) is 0 Å². The number of alkyl halides is 1. The lowest BCUT2D eigenvalue weighted by Gasteiger charge is -2.46. The monoisotopic (exact) mass is 640 g/mol. The summed E-state index contributed by atoms with van der Waals surface area (Å²) in [6, 6.07) is -0.674. The van der Waals surface area contributed by atoms with Gasteiger partial charge in [0.05, 0.1) is 23.2 Å². The van der Waals surface area contributed by atoms with Crippen LogP contribution in [0.1, 0.15) is 79.6 Å². The average Bonchev–Trinajstić information content (AvgIpc) is 3.44. The molecule has 226 valence electrons. The van der Waals surface area contributed by atoms with E-state index < -0.39 is 28.2 Å². The summed E-state index contributed by atoms with van der Waals surface area (Å²) >= 11 is 5.47. The number of amides is 2. The Hall–Kier alpha value is -1.32. The number of likely N-dealkylation sites (tertiary alicyclic amines) is 1. The number of halogens is 1. The molecule has 0 aromatic rings. The van der Waals surface area contributed by atoms with Crippen LogP contribution in [0.4, 0.5) is 0 Å². The molecule has 1 spiro atoms. The fraction of sp³-hybridized carbons (Fsp3) is 0.774. The van der Waals surface area contributed by atoms with Crippen molar-refractivity contribution in [3.05, 3.63) is 25.3 Å². The minimum Gasteiger partial charge on any atom is -0.465 e. The number of aliphatic hydroxyl groups is 1.